The number of nitrogens with zero attached hydrogens (tertiary/aromatic N) is 1. The molecule has 0 fully saturated rings. The number of ether oxygens (including phenoxy) is 1. The summed E-state index contributed by atoms with van der Waals surface area (Å²) in [6, 6.07) is 2.90. The first kappa shape index (κ1) is 23.4. The molecule has 0 atom stereocenters. The summed E-state index contributed by atoms with van der Waals surface area (Å²) in [4.78, 5) is 24.8. The molecule has 0 aromatic heterocycles. The van der Waals surface area contributed by atoms with Crippen molar-refractivity contribution in [2.45, 2.75) is 33.1 Å². The summed E-state index contributed by atoms with van der Waals surface area (Å²) in [6.07, 6.45) is 2.33. The van der Waals surface area contributed by atoms with Crippen LogP contribution in [0.15, 0.2) is 22.7 Å². The van der Waals surface area contributed by atoms with Gasteiger partial charge in [-0.2, -0.15) is 0 Å². The topological polar surface area (TPSA) is 96.5 Å². The first-order valence-corrected chi connectivity index (χ1v) is 9.59. The molecule has 0 unspecified atom stereocenters. The summed E-state index contributed by atoms with van der Waals surface area (Å²) in [7, 11) is 0. The Hall–Kier alpha value is -1.60. The Kier molecular flexibility index (Phi) is 9.80. The van der Waals surface area contributed by atoms with Gasteiger partial charge in [0.25, 0.3) is 0 Å². The highest BCUT2D eigenvalue weighted by Crippen LogP contribution is 2.38. The first-order valence-electron chi connectivity index (χ1n) is 8.46. The zero-order chi connectivity index (χ0) is 20.6. The average Bonchev–Trinajstić information content (AvgIpc) is 2.65. The van der Waals surface area contributed by atoms with Gasteiger partial charge < -0.3 is 4.74 Å². The molecule has 1 aliphatic carbocycles. The molecule has 0 spiro atoms. The molecule has 3 N–H and O–H groups in total. The molecule has 0 radical (unpaired) electrons. The lowest BCUT2D eigenvalue weighted by Gasteiger charge is -2.17. The van der Waals surface area contributed by atoms with Gasteiger partial charge in [0.15, 0.2) is 17.3 Å². The Morgan fingerprint density at radius 1 is 1.30 bits per heavy atom. The van der Waals surface area contributed by atoms with E-state index in [0.29, 0.717) is 12.8 Å². The van der Waals surface area contributed by atoms with Gasteiger partial charge in [0, 0.05) is 17.0 Å². The zero-order valence-corrected chi connectivity index (χ0v) is 17.4. The summed E-state index contributed by atoms with van der Waals surface area (Å²) >= 11 is 18.4. The summed E-state index contributed by atoms with van der Waals surface area (Å²) in [6.45, 7) is 4.33. The van der Waals surface area contributed by atoms with Crippen LogP contribution in [0.25, 0.3) is 0 Å². The fraction of sp³-hybridized carbons (Fsp3) is 0.389. The molecule has 0 saturated carbocycles. The number of halogens is 3. The van der Waals surface area contributed by atoms with E-state index in [1.54, 1.807) is 0 Å². The second-order valence-corrected chi connectivity index (χ2v) is 6.58. The lowest BCUT2D eigenvalue weighted by molar-refractivity contribution is -0.115. The number of rotatable bonds is 7. The van der Waals surface area contributed by atoms with Gasteiger partial charge in [-0.05, 0) is 25.0 Å². The Balaban J connectivity index is 0.00000176. The van der Waals surface area contributed by atoms with Crippen LogP contribution in [-0.2, 0) is 4.79 Å². The highest BCUT2D eigenvalue weighted by Gasteiger charge is 2.29. The number of hydrazine groups is 1. The molecule has 1 aromatic rings. The quantitative estimate of drug-likeness (QED) is 0.163. The maximum Gasteiger partial charge on any atom is 0.199 e. The highest BCUT2D eigenvalue weighted by molar-refractivity contribution is 6.43. The summed E-state index contributed by atoms with van der Waals surface area (Å²) in [5, 5.41) is 8.58. The molecule has 2 rings (SSSR count). The van der Waals surface area contributed by atoms with Crippen molar-refractivity contribution >= 4 is 52.7 Å². The molecule has 0 bridgehead atoms. The third-order valence-corrected chi connectivity index (χ3v) is 4.68. The van der Waals surface area contributed by atoms with E-state index in [0.717, 1.165) is 11.3 Å². The van der Waals surface area contributed by atoms with Crippen molar-refractivity contribution in [3.63, 3.8) is 0 Å². The van der Waals surface area contributed by atoms with Gasteiger partial charge in [-0.25, -0.2) is 5.84 Å². The van der Waals surface area contributed by atoms with Crippen LogP contribution in [0.4, 0.5) is 0 Å². The van der Waals surface area contributed by atoms with Crippen molar-refractivity contribution < 1.29 is 14.3 Å². The minimum atomic E-state index is -0.541. The molecule has 0 aliphatic heterocycles. The van der Waals surface area contributed by atoms with Crippen LogP contribution in [0, 0.1) is 5.41 Å². The minimum absolute atomic E-state index is 0.00580. The smallest absolute Gasteiger partial charge is 0.199 e. The lowest BCUT2D eigenvalue weighted by atomic mass is 9.91. The summed E-state index contributed by atoms with van der Waals surface area (Å²) < 4.78 is 5.50. The zero-order valence-electron chi connectivity index (χ0n) is 15.2. The molecule has 9 heteroatoms. The SMILES string of the molecule is CC.N=CN(N)CCOc1c(Cl)ccc(C(=O)C2=C(Cl)CCCC2=O)c1Cl. The number of ketones is 2. The third-order valence-electron chi connectivity index (χ3n) is 3.63. The normalized spacial score (nSPS) is 13.6. The van der Waals surface area contributed by atoms with Crippen molar-refractivity contribution in [1.82, 2.24) is 5.01 Å². The standard InChI is InChI=1S/C16H16Cl3N3O3.C2H6/c17-10-2-1-3-12(23)13(10)15(24)9-4-5-11(18)16(14(9)19)25-7-6-22(21)8-20;1-2/h4-5,8,20H,1-3,6-7,21H2;1-2H3. The molecule has 0 amide bonds. The lowest BCUT2D eigenvalue weighted by Crippen LogP contribution is -2.33. The molecular weight excluding hydrogens is 413 g/mol. The second kappa shape index (κ2) is 11.3. The van der Waals surface area contributed by atoms with Gasteiger partial charge in [-0.1, -0.05) is 48.7 Å². The number of carbonyl (C=O) groups is 2. The van der Waals surface area contributed by atoms with E-state index in [1.165, 1.54) is 12.1 Å². The van der Waals surface area contributed by atoms with Crippen molar-refractivity contribution in [2.75, 3.05) is 13.2 Å². The largest absolute Gasteiger partial charge is 0.489 e. The van der Waals surface area contributed by atoms with Crippen LogP contribution >= 0.6 is 34.8 Å². The van der Waals surface area contributed by atoms with Gasteiger partial charge in [-0.15, -0.1) is 0 Å². The first-order chi connectivity index (χ1) is 12.9. The number of nitrogens with one attached hydrogen (secondary N) is 1. The van der Waals surface area contributed by atoms with Crippen LogP contribution in [-0.4, -0.2) is 36.1 Å². The fourth-order valence-corrected chi connectivity index (χ4v) is 3.24. The number of Topliss-reactive ketones (excluding diaryl/α,β-unsaturated/α-hetero) is 2. The van der Waals surface area contributed by atoms with Crippen molar-refractivity contribution in [3.8, 4) is 5.75 Å². The van der Waals surface area contributed by atoms with Gasteiger partial charge in [-0.3, -0.25) is 20.0 Å². The number of hydrogen-bond acceptors (Lipinski definition) is 5. The third kappa shape index (κ3) is 5.94. The van der Waals surface area contributed by atoms with E-state index in [9.17, 15) is 9.59 Å². The van der Waals surface area contributed by atoms with E-state index in [1.807, 2.05) is 13.8 Å². The van der Waals surface area contributed by atoms with Crippen LogP contribution < -0.4 is 10.6 Å². The maximum absolute atomic E-state index is 12.7. The number of hydrogen-bond donors (Lipinski definition) is 2. The molecular formula is C18H22Cl3N3O3. The molecule has 27 heavy (non-hydrogen) atoms. The van der Waals surface area contributed by atoms with Crippen LogP contribution in [0.5, 0.6) is 5.75 Å². The van der Waals surface area contributed by atoms with Crippen LogP contribution in [0.1, 0.15) is 43.5 Å². The fourth-order valence-electron chi connectivity index (χ4n) is 2.35. The molecule has 0 saturated heterocycles. The Morgan fingerprint density at radius 2 is 1.96 bits per heavy atom. The summed E-state index contributed by atoms with van der Waals surface area (Å²) in [5.74, 6) is 4.74. The predicted octanol–water partition coefficient (Wildman–Crippen LogP) is 4.61. The summed E-state index contributed by atoms with van der Waals surface area (Å²) in [5.41, 5.74) is 0.0705. The monoisotopic (exact) mass is 433 g/mol. The second-order valence-electron chi connectivity index (χ2n) is 5.34. The number of nitrogens with two attached hydrogens (primary N) is 1. The number of allylic oxidation sites excluding steroid dienone is 2. The van der Waals surface area contributed by atoms with Crippen molar-refractivity contribution in [1.29, 1.82) is 5.41 Å². The van der Waals surface area contributed by atoms with Crippen LogP contribution in [0.3, 0.4) is 0 Å². The Bertz CT molecular complexity index is 751. The van der Waals surface area contributed by atoms with E-state index in [4.69, 9.17) is 50.8 Å². The Labute approximate surface area is 173 Å². The molecule has 1 aliphatic rings. The van der Waals surface area contributed by atoms with Crippen LogP contribution in [0.2, 0.25) is 10.0 Å². The van der Waals surface area contributed by atoms with Crippen molar-refractivity contribution in [3.05, 3.63) is 38.3 Å². The van der Waals surface area contributed by atoms with E-state index < -0.39 is 5.78 Å². The van der Waals surface area contributed by atoms with Gasteiger partial charge >= 0.3 is 0 Å². The molecule has 1 aromatic carbocycles. The number of carbonyl (C=O) groups excluding carboxylic acids is 2. The molecule has 0 heterocycles. The van der Waals surface area contributed by atoms with E-state index in [2.05, 4.69) is 0 Å². The maximum atomic E-state index is 12.7. The van der Waals surface area contributed by atoms with Gasteiger partial charge in [0.1, 0.15) is 6.61 Å². The van der Waals surface area contributed by atoms with E-state index >= 15 is 0 Å². The van der Waals surface area contributed by atoms with E-state index in [-0.39, 0.29) is 57.3 Å². The molecule has 6 nitrogen and oxygen atoms in total. The van der Waals surface area contributed by atoms with Gasteiger partial charge in [0.05, 0.1) is 28.5 Å². The number of benzene rings is 1. The average molecular weight is 435 g/mol. The minimum Gasteiger partial charge on any atom is -0.489 e. The van der Waals surface area contributed by atoms with Crippen molar-refractivity contribution in [2.24, 2.45) is 5.84 Å². The predicted molar refractivity (Wildman–Crippen MR) is 109 cm³/mol. The Morgan fingerprint density at radius 3 is 2.56 bits per heavy atom. The highest BCUT2D eigenvalue weighted by atomic mass is 35.5. The van der Waals surface area contributed by atoms with Gasteiger partial charge in [0.2, 0.25) is 0 Å². The molecule has 148 valence electrons.